The topological polar surface area (TPSA) is 72.0 Å². The molecule has 0 spiro atoms. The fourth-order valence-corrected chi connectivity index (χ4v) is 5.24. The van der Waals surface area contributed by atoms with Gasteiger partial charge in [-0.2, -0.15) is 13.2 Å². The Morgan fingerprint density at radius 1 is 0.886 bits per heavy atom. The van der Waals surface area contributed by atoms with Gasteiger partial charge in [0.2, 0.25) is 0 Å². The smallest absolute Gasteiger partial charge is 0.298 e. The summed E-state index contributed by atoms with van der Waals surface area (Å²) in [6, 6.07) is 21.2. The van der Waals surface area contributed by atoms with Crippen molar-refractivity contribution in [1.82, 2.24) is 9.97 Å². The van der Waals surface area contributed by atoms with Crippen LogP contribution in [0.3, 0.4) is 0 Å². The molecule has 0 fully saturated rings. The highest BCUT2D eigenvalue weighted by molar-refractivity contribution is 7.19. The van der Waals surface area contributed by atoms with Crippen molar-refractivity contribution >= 4 is 50.4 Å². The third-order valence-electron chi connectivity index (χ3n) is 5.10. The van der Waals surface area contributed by atoms with Crippen LogP contribution in [0.1, 0.15) is 20.0 Å². The zero-order chi connectivity index (χ0) is 24.6. The van der Waals surface area contributed by atoms with Crippen LogP contribution in [0.15, 0.2) is 78.2 Å². The van der Waals surface area contributed by atoms with E-state index < -0.39 is 22.7 Å². The second-order valence-corrected chi connectivity index (χ2v) is 9.34. The Morgan fingerprint density at radius 3 is 2.34 bits per heavy atom. The first-order chi connectivity index (χ1) is 16.8. The van der Waals surface area contributed by atoms with Crippen molar-refractivity contribution in [3.8, 4) is 21.8 Å². The molecule has 0 saturated heterocycles. The molecule has 3 heterocycles. The highest BCUT2D eigenvalue weighted by Crippen LogP contribution is 2.37. The number of carbonyl (C=O) groups excluding carboxylic acids is 2. The molecule has 174 valence electrons. The molecule has 1 N–H and O–H groups in total. The molecule has 0 unspecified atom stereocenters. The van der Waals surface area contributed by atoms with E-state index in [0.29, 0.717) is 32.8 Å². The van der Waals surface area contributed by atoms with E-state index in [1.165, 1.54) is 0 Å². The number of rotatable bonds is 5. The number of fused-ring (bicyclic) bond motifs is 1. The van der Waals surface area contributed by atoms with E-state index in [0.717, 1.165) is 16.9 Å². The lowest BCUT2D eigenvalue weighted by Gasteiger charge is -2.09. The number of Topliss-reactive ketones (excluding diaryl/α,β-unsaturated/α-hetero) is 1. The van der Waals surface area contributed by atoms with Gasteiger partial charge in [0.1, 0.15) is 10.6 Å². The normalized spacial score (nSPS) is 11.5. The summed E-state index contributed by atoms with van der Waals surface area (Å²) in [5.41, 5.74) is 2.14. The summed E-state index contributed by atoms with van der Waals surface area (Å²) in [5, 5.41) is 4.73. The zero-order valence-corrected chi connectivity index (χ0v) is 19.3. The van der Waals surface area contributed by atoms with Gasteiger partial charge >= 0.3 is 6.18 Å². The number of thiazole rings is 1. The highest BCUT2D eigenvalue weighted by Gasteiger charge is 2.42. The van der Waals surface area contributed by atoms with E-state index in [-0.39, 0.29) is 16.4 Å². The van der Waals surface area contributed by atoms with Crippen LogP contribution in [0, 0.1) is 0 Å². The molecular weight excluding hydrogens is 495 g/mol. The van der Waals surface area contributed by atoms with E-state index in [4.69, 9.17) is 0 Å². The number of carbonyl (C=O) groups is 2. The molecule has 3 aromatic heterocycles. The monoisotopic (exact) mass is 509 g/mol. The molecule has 2 aromatic carbocycles. The van der Waals surface area contributed by atoms with Gasteiger partial charge in [-0.3, -0.25) is 14.9 Å². The number of hydrogen-bond acceptors (Lipinski definition) is 6. The van der Waals surface area contributed by atoms with Crippen molar-refractivity contribution in [2.24, 2.45) is 0 Å². The number of anilines is 1. The minimum Gasteiger partial charge on any atom is -0.298 e. The molecule has 5 aromatic rings. The van der Waals surface area contributed by atoms with Crippen molar-refractivity contribution in [1.29, 1.82) is 0 Å². The van der Waals surface area contributed by atoms with Crippen molar-refractivity contribution in [2.75, 3.05) is 5.32 Å². The summed E-state index contributed by atoms with van der Waals surface area (Å²) >= 11 is 1.65. The van der Waals surface area contributed by atoms with Crippen molar-refractivity contribution in [3.05, 3.63) is 88.6 Å². The molecule has 1 amide bonds. The number of nitrogens with one attached hydrogen (secondary N) is 1. The van der Waals surface area contributed by atoms with Gasteiger partial charge < -0.3 is 0 Å². The summed E-state index contributed by atoms with van der Waals surface area (Å²) in [6.45, 7) is 0. The van der Waals surface area contributed by atoms with Gasteiger partial charge in [-0.25, -0.2) is 9.97 Å². The summed E-state index contributed by atoms with van der Waals surface area (Å²) in [7, 11) is 0. The third kappa shape index (κ3) is 4.58. The first-order valence-corrected chi connectivity index (χ1v) is 11.9. The first kappa shape index (κ1) is 22.9. The Balaban J connectivity index is 1.56. The van der Waals surface area contributed by atoms with E-state index in [9.17, 15) is 22.8 Å². The van der Waals surface area contributed by atoms with Crippen LogP contribution in [-0.4, -0.2) is 27.8 Å². The first-order valence-electron chi connectivity index (χ1n) is 10.2. The van der Waals surface area contributed by atoms with Gasteiger partial charge in [-0.05, 0) is 23.6 Å². The lowest BCUT2D eigenvalue weighted by atomic mass is 10.0. The summed E-state index contributed by atoms with van der Waals surface area (Å²) < 4.78 is 39.6. The lowest BCUT2D eigenvalue weighted by molar-refractivity contribution is -0.0882. The molecule has 10 heteroatoms. The predicted octanol–water partition coefficient (Wildman–Crippen LogP) is 7.08. The molecule has 0 bridgehead atoms. The molecule has 0 aliphatic rings. The number of para-hydroxylation sites is 1. The van der Waals surface area contributed by atoms with Crippen LogP contribution < -0.4 is 5.32 Å². The Morgan fingerprint density at radius 2 is 1.63 bits per heavy atom. The average Bonchev–Trinajstić information content (AvgIpc) is 3.53. The lowest BCUT2D eigenvalue weighted by Crippen LogP contribution is -2.22. The molecule has 5 rings (SSSR count). The maximum absolute atomic E-state index is 13.3. The molecule has 0 radical (unpaired) electrons. The van der Waals surface area contributed by atoms with Crippen molar-refractivity contribution in [3.63, 3.8) is 0 Å². The Kier molecular flexibility index (Phi) is 5.91. The molecule has 5 nitrogen and oxygen atoms in total. The Labute approximate surface area is 204 Å². The van der Waals surface area contributed by atoms with Crippen LogP contribution in [0.5, 0.6) is 0 Å². The maximum atomic E-state index is 13.3. The summed E-state index contributed by atoms with van der Waals surface area (Å²) in [6.07, 6.45) is -5.06. The SMILES string of the molecule is O=C(Nc1nc(-c2cccs2)c(C(=O)C(F)(F)F)s1)c1cc(-c2ccccc2)nc2ccccc12. The molecule has 0 atom stereocenters. The number of pyridine rings is 1. The van der Waals surface area contributed by atoms with Gasteiger partial charge in [-0.15, -0.1) is 11.3 Å². The Hall–Kier alpha value is -3.89. The van der Waals surface area contributed by atoms with Gasteiger partial charge in [0, 0.05) is 10.9 Å². The number of halogens is 3. The number of thiophene rings is 1. The molecule has 0 saturated carbocycles. The second-order valence-electron chi connectivity index (χ2n) is 7.39. The fourth-order valence-electron chi connectivity index (χ4n) is 3.52. The highest BCUT2D eigenvalue weighted by atomic mass is 32.1. The fraction of sp³-hybridized carbons (Fsp3) is 0.0400. The summed E-state index contributed by atoms with van der Waals surface area (Å²) in [5.74, 6) is -2.57. The van der Waals surface area contributed by atoms with E-state index >= 15 is 0 Å². The van der Waals surface area contributed by atoms with Gasteiger partial charge in [0.15, 0.2) is 5.13 Å². The molecule has 35 heavy (non-hydrogen) atoms. The second kappa shape index (κ2) is 9.05. The van der Waals surface area contributed by atoms with Crippen molar-refractivity contribution in [2.45, 2.75) is 6.18 Å². The maximum Gasteiger partial charge on any atom is 0.455 e. The minimum absolute atomic E-state index is 0.104. The van der Waals surface area contributed by atoms with Crippen LogP contribution >= 0.6 is 22.7 Å². The van der Waals surface area contributed by atoms with Crippen LogP contribution in [0.25, 0.3) is 32.7 Å². The third-order valence-corrected chi connectivity index (χ3v) is 6.94. The number of alkyl halides is 3. The van der Waals surface area contributed by atoms with Gasteiger partial charge in [0.25, 0.3) is 11.7 Å². The number of aromatic nitrogens is 2. The standard InChI is InChI=1S/C25H14F3N3O2S2/c26-25(27,28)22(32)21-20(19-11-6-12-34-19)30-24(35-21)31-23(33)16-13-18(14-7-2-1-3-8-14)29-17-10-5-4-9-15(16)17/h1-13H,(H,30,31,33). The number of hydrogen-bond donors (Lipinski definition) is 1. The zero-order valence-electron chi connectivity index (χ0n) is 17.7. The predicted molar refractivity (Wildman–Crippen MR) is 131 cm³/mol. The minimum atomic E-state index is -5.06. The number of amides is 1. The van der Waals surface area contributed by atoms with E-state index in [1.807, 2.05) is 30.3 Å². The van der Waals surface area contributed by atoms with Crippen LogP contribution in [0.2, 0.25) is 0 Å². The van der Waals surface area contributed by atoms with Gasteiger partial charge in [0.05, 0.1) is 21.7 Å². The summed E-state index contributed by atoms with van der Waals surface area (Å²) in [4.78, 5) is 34.0. The largest absolute Gasteiger partial charge is 0.455 e. The van der Waals surface area contributed by atoms with Crippen molar-refractivity contribution < 1.29 is 22.8 Å². The number of nitrogens with zero attached hydrogens (tertiary/aromatic N) is 2. The molecule has 0 aliphatic carbocycles. The average molecular weight is 510 g/mol. The quantitative estimate of drug-likeness (QED) is 0.257. The number of benzene rings is 2. The Bertz CT molecular complexity index is 1550. The molecular formula is C25H14F3N3O2S2. The van der Waals surface area contributed by atoms with Crippen LogP contribution in [0.4, 0.5) is 18.3 Å². The number of ketones is 1. The molecule has 0 aliphatic heterocycles. The van der Waals surface area contributed by atoms with E-state index in [1.54, 1.807) is 47.8 Å². The van der Waals surface area contributed by atoms with Crippen LogP contribution in [-0.2, 0) is 0 Å². The van der Waals surface area contributed by atoms with Gasteiger partial charge in [-0.1, -0.05) is 65.9 Å². The van der Waals surface area contributed by atoms with E-state index in [2.05, 4.69) is 15.3 Å².